The minimum atomic E-state index is -0.705. The lowest BCUT2D eigenvalue weighted by Crippen LogP contribution is -2.48. The minimum Gasteiger partial charge on any atom is -0.453 e. The first-order chi connectivity index (χ1) is 25.2. The van der Waals surface area contributed by atoms with Crippen molar-refractivity contribution in [2.45, 2.75) is 76.5 Å². The molecule has 0 bridgehead atoms. The fourth-order valence-electron chi connectivity index (χ4n) is 7.11. The van der Waals surface area contributed by atoms with Gasteiger partial charge in [0.05, 0.1) is 50.1 Å². The average molecular weight is 711 g/mol. The molecule has 2 aromatic carbocycles. The van der Waals surface area contributed by atoms with E-state index in [1.807, 2.05) is 36.1 Å². The highest BCUT2D eigenvalue weighted by Crippen LogP contribution is 2.34. The topological polar surface area (TPSA) is 175 Å². The van der Waals surface area contributed by atoms with E-state index in [4.69, 9.17) is 4.74 Å². The number of hydrogen-bond donors (Lipinski definition) is 4. The number of H-pyrrole nitrogens is 2. The highest BCUT2D eigenvalue weighted by molar-refractivity contribution is 5.86. The van der Waals surface area contributed by atoms with Crippen molar-refractivity contribution in [1.82, 2.24) is 40.4 Å². The van der Waals surface area contributed by atoms with Crippen molar-refractivity contribution in [3.63, 3.8) is 0 Å². The Morgan fingerprint density at radius 3 is 1.63 bits per heavy atom. The van der Waals surface area contributed by atoms with E-state index in [-0.39, 0.29) is 23.9 Å². The Bertz CT molecular complexity index is 1870. The van der Waals surface area contributed by atoms with Crippen LogP contribution in [0.5, 0.6) is 0 Å². The van der Waals surface area contributed by atoms with E-state index in [0.29, 0.717) is 19.5 Å². The van der Waals surface area contributed by atoms with Gasteiger partial charge in [0.1, 0.15) is 23.7 Å². The molecule has 52 heavy (non-hydrogen) atoms. The molecule has 0 spiro atoms. The number of carbonyl (C=O) groups excluding carboxylic acids is 4. The molecule has 4 atom stereocenters. The summed E-state index contributed by atoms with van der Waals surface area (Å²) in [4.78, 5) is 69.7. The summed E-state index contributed by atoms with van der Waals surface area (Å²) in [5.74, 6) is 1.15. The van der Waals surface area contributed by atoms with Crippen LogP contribution < -0.4 is 10.6 Å². The largest absolute Gasteiger partial charge is 0.453 e. The van der Waals surface area contributed by atoms with E-state index >= 15 is 0 Å². The summed E-state index contributed by atoms with van der Waals surface area (Å²) in [6.45, 7) is 4.83. The zero-order valence-corrected chi connectivity index (χ0v) is 30.0. The summed E-state index contributed by atoms with van der Waals surface area (Å²) in [6, 6.07) is 14.7. The van der Waals surface area contributed by atoms with E-state index in [0.717, 1.165) is 77.4 Å². The highest BCUT2D eigenvalue weighted by atomic mass is 16.5. The lowest BCUT2D eigenvalue weighted by Gasteiger charge is -2.28. The summed E-state index contributed by atoms with van der Waals surface area (Å²) < 4.78 is 9.38. The number of benzene rings is 2. The maximum Gasteiger partial charge on any atom is 0.407 e. The zero-order chi connectivity index (χ0) is 36.8. The molecule has 0 unspecified atom stereocenters. The number of carbonyl (C=O) groups is 4. The van der Waals surface area contributed by atoms with Crippen LogP contribution in [0.4, 0.5) is 9.59 Å². The average Bonchev–Trinajstić information content (AvgIpc) is 4.00. The maximum absolute atomic E-state index is 13.4. The van der Waals surface area contributed by atoms with Crippen molar-refractivity contribution in [3.8, 4) is 33.6 Å². The fraction of sp³-hybridized carbons (Fsp3) is 0.421. The number of nitrogens with one attached hydrogen (secondary N) is 4. The number of rotatable bonds is 11. The van der Waals surface area contributed by atoms with Crippen molar-refractivity contribution in [3.05, 3.63) is 72.6 Å². The molecule has 2 fully saturated rings. The van der Waals surface area contributed by atoms with Crippen LogP contribution >= 0.6 is 0 Å². The standard InChI is InChI=1S/C38H46N8O6/c1-5-8-28(44-38(50)52-4)36(48)46-20-7-10-32(46)34-40-22-30(43-34)27-17-13-25(14-18-27)24-11-15-26(16-12-24)29-21-39-33(42-29)31-9-6-19-45(31)35(47)23(2)41-37(49)51-3/h11-18,21-23,28,31-32H,5-10,19-20H2,1-4H3,(H,39,42)(H,40,43)(H,41,49)(H,44,50)/t23-,28-,31-,32-/m0/s1. The van der Waals surface area contributed by atoms with Crippen LogP contribution in [-0.4, -0.2) is 93.1 Å². The van der Waals surface area contributed by atoms with Gasteiger partial charge in [0, 0.05) is 13.1 Å². The van der Waals surface area contributed by atoms with Crippen LogP contribution in [0.2, 0.25) is 0 Å². The Hall–Kier alpha value is -5.66. The van der Waals surface area contributed by atoms with Crippen molar-refractivity contribution in [2.24, 2.45) is 0 Å². The third kappa shape index (κ3) is 7.80. The quantitative estimate of drug-likeness (QED) is 0.153. The molecule has 2 saturated heterocycles. The molecule has 4 N–H and O–H groups in total. The summed E-state index contributed by atoms with van der Waals surface area (Å²) in [6.07, 6.45) is 6.90. The molecule has 4 aromatic rings. The molecular weight excluding hydrogens is 664 g/mol. The molecule has 6 rings (SSSR count). The number of alkyl carbamates (subject to hydrolysis) is 2. The lowest BCUT2D eigenvalue weighted by molar-refractivity contribution is -0.135. The van der Waals surface area contributed by atoms with E-state index in [2.05, 4.69) is 59.6 Å². The molecule has 274 valence electrons. The number of nitrogens with zero attached hydrogens (tertiary/aromatic N) is 4. The monoisotopic (exact) mass is 710 g/mol. The van der Waals surface area contributed by atoms with Crippen LogP contribution in [0.3, 0.4) is 0 Å². The van der Waals surface area contributed by atoms with Gasteiger partial charge in [-0.15, -0.1) is 0 Å². The number of imidazole rings is 2. The third-order valence-corrected chi connectivity index (χ3v) is 9.86. The number of aromatic nitrogens is 4. The van der Waals surface area contributed by atoms with Gasteiger partial charge in [-0.2, -0.15) is 0 Å². The second-order valence-electron chi connectivity index (χ2n) is 13.2. The van der Waals surface area contributed by atoms with E-state index in [1.165, 1.54) is 14.2 Å². The van der Waals surface area contributed by atoms with Gasteiger partial charge in [-0.05, 0) is 61.3 Å². The molecule has 2 aromatic heterocycles. The Labute approximate surface area is 302 Å². The van der Waals surface area contributed by atoms with Crippen LogP contribution in [0.1, 0.15) is 76.1 Å². The number of amides is 4. The first-order valence-electron chi connectivity index (χ1n) is 17.8. The van der Waals surface area contributed by atoms with Gasteiger partial charge in [-0.25, -0.2) is 19.6 Å². The molecule has 4 amide bonds. The number of methoxy groups -OCH3 is 2. The summed E-state index contributed by atoms with van der Waals surface area (Å²) in [5.41, 5.74) is 5.79. The Kier molecular flexibility index (Phi) is 11.2. The SMILES string of the molecule is CCC[C@H](NC(=O)OC)C(=O)N1CCC[C@H]1c1ncc(-c2ccc(-c3ccc(-c4cnc([C@@H]5CCCN5C(=O)[C@H](C)NC(=O)OC)[nH]4)cc3)cc2)[nH]1. The summed E-state index contributed by atoms with van der Waals surface area (Å²) >= 11 is 0. The fourth-order valence-corrected chi connectivity index (χ4v) is 7.11. The van der Waals surface area contributed by atoms with Gasteiger partial charge >= 0.3 is 12.2 Å². The number of aromatic amines is 2. The number of hydrogen-bond acceptors (Lipinski definition) is 8. The van der Waals surface area contributed by atoms with Gasteiger partial charge in [-0.1, -0.05) is 61.9 Å². The molecule has 0 saturated carbocycles. The summed E-state index contributed by atoms with van der Waals surface area (Å²) in [5, 5.41) is 5.25. The van der Waals surface area contributed by atoms with Crippen LogP contribution in [0.15, 0.2) is 60.9 Å². The van der Waals surface area contributed by atoms with Crippen LogP contribution in [-0.2, 0) is 19.1 Å². The van der Waals surface area contributed by atoms with Crippen LogP contribution in [0.25, 0.3) is 33.6 Å². The molecule has 14 nitrogen and oxygen atoms in total. The smallest absolute Gasteiger partial charge is 0.407 e. The van der Waals surface area contributed by atoms with E-state index < -0.39 is 24.3 Å². The van der Waals surface area contributed by atoms with Gasteiger partial charge in [0.2, 0.25) is 11.8 Å². The molecule has 14 heteroatoms. The van der Waals surface area contributed by atoms with Crippen molar-refractivity contribution in [1.29, 1.82) is 0 Å². The molecule has 2 aliphatic rings. The number of likely N-dealkylation sites (tertiary alicyclic amines) is 2. The van der Waals surface area contributed by atoms with Gasteiger partial charge in [-0.3, -0.25) is 9.59 Å². The molecule has 4 heterocycles. The van der Waals surface area contributed by atoms with Crippen molar-refractivity contribution < 1.29 is 28.7 Å². The van der Waals surface area contributed by atoms with Crippen LogP contribution in [0, 0.1) is 0 Å². The maximum atomic E-state index is 13.4. The first-order valence-corrected chi connectivity index (χ1v) is 17.8. The molecule has 0 radical (unpaired) electrons. The minimum absolute atomic E-state index is 0.121. The predicted octanol–water partition coefficient (Wildman–Crippen LogP) is 5.73. The first kappa shape index (κ1) is 36.1. The second-order valence-corrected chi connectivity index (χ2v) is 13.2. The van der Waals surface area contributed by atoms with Crippen molar-refractivity contribution >= 4 is 24.0 Å². The van der Waals surface area contributed by atoms with Gasteiger partial charge < -0.3 is 39.9 Å². The van der Waals surface area contributed by atoms with Gasteiger partial charge in [0.15, 0.2) is 0 Å². The molecule has 0 aliphatic carbocycles. The second kappa shape index (κ2) is 16.1. The normalized spacial score (nSPS) is 18.2. The van der Waals surface area contributed by atoms with E-state index in [9.17, 15) is 19.2 Å². The van der Waals surface area contributed by atoms with Crippen molar-refractivity contribution in [2.75, 3.05) is 27.3 Å². The Morgan fingerprint density at radius 1 is 0.731 bits per heavy atom. The zero-order valence-electron chi connectivity index (χ0n) is 30.0. The van der Waals surface area contributed by atoms with Gasteiger partial charge in [0.25, 0.3) is 0 Å². The predicted molar refractivity (Wildman–Crippen MR) is 194 cm³/mol. The Morgan fingerprint density at radius 2 is 1.17 bits per heavy atom. The third-order valence-electron chi connectivity index (χ3n) is 9.86. The molecule has 2 aliphatic heterocycles. The summed E-state index contributed by atoms with van der Waals surface area (Å²) in [7, 11) is 2.56. The lowest BCUT2D eigenvalue weighted by atomic mass is 10.0. The number of ether oxygens (including phenoxy) is 2. The van der Waals surface area contributed by atoms with E-state index in [1.54, 1.807) is 24.2 Å². The Balaban J connectivity index is 1.10. The molecular formula is C38H46N8O6. The highest BCUT2D eigenvalue weighted by Gasteiger charge is 2.37.